The van der Waals surface area contributed by atoms with Gasteiger partial charge in [-0.25, -0.2) is 0 Å². The highest BCUT2D eigenvalue weighted by Crippen LogP contribution is 2.30. The van der Waals surface area contributed by atoms with Crippen molar-refractivity contribution in [3.05, 3.63) is 89.0 Å². The second-order valence-corrected chi connectivity index (χ2v) is 9.78. The van der Waals surface area contributed by atoms with Gasteiger partial charge in [0.1, 0.15) is 11.5 Å². The number of hydrogen-bond acceptors (Lipinski definition) is 6. The van der Waals surface area contributed by atoms with Crippen LogP contribution in [0.1, 0.15) is 49.1 Å². The molecule has 232 valence electrons. The maximum absolute atomic E-state index is 12.4. The zero-order valence-electron chi connectivity index (χ0n) is 24.2. The number of carbonyl (C=O) groups excluding carboxylic acids is 1. The summed E-state index contributed by atoms with van der Waals surface area (Å²) in [7, 11) is 1.64. The molecule has 0 spiro atoms. The van der Waals surface area contributed by atoms with Crippen LogP contribution in [0.25, 0.3) is 0 Å². The maximum atomic E-state index is 12.4. The molecule has 3 rings (SSSR count). The highest BCUT2D eigenvalue weighted by atomic mass is 35.5. The van der Waals surface area contributed by atoms with Gasteiger partial charge in [0, 0.05) is 18.6 Å². The molecule has 0 heterocycles. The van der Waals surface area contributed by atoms with E-state index in [4.69, 9.17) is 4.74 Å². The van der Waals surface area contributed by atoms with Crippen molar-refractivity contribution in [2.75, 3.05) is 25.5 Å². The van der Waals surface area contributed by atoms with Crippen molar-refractivity contribution < 1.29 is 32.9 Å². The standard InChI is InChI=1S/C19H24N2O4.C12H16F3N.ClH/c1-13(9-14-3-6-16(25-2)7-4-14)20-11-19(24)15-5-8-18(23)17(10-15)21-12-22;1-3-16-9(2)7-10-5-4-6-11(8-10)12(13,14)15;/h3-8,10,12-13,19-20,23-24H,9,11H2,1-2H3,(H,21,22);4-6,8-9,16H,3,7H2,1-2H3;1H/t13-,19+;;/m1../s1. The van der Waals surface area contributed by atoms with Crippen molar-refractivity contribution in [2.24, 2.45) is 0 Å². The zero-order valence-corrected chi connectivity index (χ0v) is 25.1. The molecule has 0 aliphatic carbocycles. The van der Waals surface area contributed by atoms with Crippen molar-refractivity contribution in [1.29, 1.82) is 0 Å². The van der Waals surface area contributed by atoms with Crippen LogP contribution in [0.3, 0.4) is 0 Å². The van der Waals surface area contributed by atoms with Crippen LogP contribution in [0.4, 0.5) is 18.9 Å². The molecule has 3 aromatic rings. The third-order valence-electron chi connectivity index (χ3n) is 6.33. The van der Waals surface area contributed by atoms with Crippen LogP contribution >= 0.6 is 12.4 Å². The predicted octanol–water partition coefficient (Wildman–Crippen LogP) is 5.89. The highest BCUT2D eigenvalue weighted by Gasteiger charge is 2.30. The highest BCUT2D eigenvalue weighted by molar-refractivity contribution is 5.85. The summed E-state index contributed by atoms with van der Waals surface area (Å²) in [5, 5.41) is 28.8. The summed E-state index contributed by atoms with van der Waals surface area (Å²) < 4.78 is 42.5. The van der Waals surface area contributed by atoms with Crippen LogP contribution in [-0.2, 0) is 23.8 Å². The molecule has 0 aliphatic rings. The van der Waals surface area contributed by atoms with Gasteiger partial charge in [0.05, 0.1) is 24.5 Å². The number of hydrogen-bond donors (Lipinski definition) is 5. The average Bonchev–Trinajstić information content (AvgIpc) is 2.93. The first-order valence-corrected chi connectivity index (χ1v) is 13.4. The number of nitrogens with one attached hydrogen (secondary N) is 3. The number of phenols is 1. The number of rotatable bonds is 13. The molecule has 0 aromatic heterocycles. The van der Waals surface area contributed by atoms with Crippen LogP contribution in [0.15, 0.2) is 66.7 Å². The Balaban J connectivity index is 0.000000450. The minimum Gasteiger partial charge on any atom is -0.506 e. The number of alkyl halides is 3. The SMILES string of the molecule is CCNC(C)Cc1cccc(C(F)(F)F)c1.COc1ccc(C[C@@H](C)NC[C@H](O)c2ccc(O)c(NC=O)c2)cc1.Cl. The van der Waals surface area contributed by atoms with Gasteiger partial charge in [0.15, 0.2) is 0 Å². The molecule has 11 heteroatoms. The number of amides is 1. The number of anilines is 1. The Morgan fingerprint density at radius 1 is 0.929 bits per heavy atom. The smallest absolute Gasteiger partial charge is 0.416 e. The first-order valence-electron chi connectivity index (χ1n) is 13.4. The van der Waals surface area contributed by atoms with Crippen molar-refractivity contribution in [2.45, 2.75) is 58.0 Å². The lowest BCUT2D eigenvalue weighted by Crippen LogP contribution is -2.32. The Bertz CT molecular complexity index is 1210. The molecular formula is C31H41ClF3N3O4. The summed E-state index contributed by atoms with van der Waals surface area (Å²) in [5.74, 6) is 0.788. The fourth-order valence-corrected chi connectivity index (χ4v) is 4.21. The van der Waals surface area contributed by atoms with Crippen LogP contribution < -0.4 is 20.7 Å². The monoisotopic (exact) mass is 611 g/mol. The Kier molecular flexibility index (Phi) is 16.0. The van der Waals surface area contributed by atoms with E-state index in [9.17, 15) is 28.2 Å². The largest absolute Gasteiger partial charge is 0.506 e. The van der Waals surface area contributed by atoms with E-state index < -0.39 is 17.8 Å². The van der Waals surface area contributed by atoms with Crippen molar-refractivity contribution in [3.63, 3.8) is 0 Å². The van der Waals surface area contributed by atoms with Gasteiger partial charge in [0.25, 0.3) is 0 Å². The van der Waals surface area contributed by atoms with Crippen LogP contribution in [-0.4, -0.2) is 48.9 Å². The minimum atomic E-state index is -4.25. The topological polar surface area (TPSA) is 103 Å². The summed E-state index contributed by atoms with van der Waals surface area (Å²) in [6, 6.07) is 18.4. The second kappa shape index (κ2) is 18.3. The maximum Gasteiger partial charge on any atom is 0.416 e. The summed E-state index contributed by atoms with van der Waals surface area (Å²) in [5.41, 5.74) is 2.21. The average molecular weight is 612 g/mol. The Morgan fingerprint density at radius 2 is 1.57 bits per heavy atom. The fraction of sp³-hybridized carbons (Fsp3) is 0.387. The van der Waals surface area contributed by atoms with Gasteiger partial charge in [-0.2, -0.15) is 13.2 Å². The van der Waals surface area contributed by atoms with E-state index in [-0.39, 0.29) is 35.9 Å². The molecule has 3 atom stereocenters. The number of likely N-dealkylation sites (N-methyl/N-ethyl adjacent to an activating group) is 1. The summed E-state index contributed by atoms with van der Waals surface area (Å²) in [6.45, 7) is 7.17. The summed E-state index contributed by atoms with van der Waals surface area (Å²) in [4.78, 5) is 10.5. The molecule has 42 heavy (non-hydrogen) atoms. The lowest BCUT2D eigenvalue weighted by Gasteiger charge is -2.18. The fourth-order valence-electron chi connectivity index (χ4n) is 4.21. The number of halogens is 4. The molecule has 0 aliphatic heterocycles. The number of carbonyl (C=O) groups is 1. The molecule has 1 unspecified atom stereocenters. The van der Waals surface area contributed by atoms with E-state index in [2.05, 4.69) is 16.0 Å². The quantitative estimate of drug-likeness (QED) is 0.122. The van der Waals surface area contributed by atoms with E-state index in [0.717, 1.165) is 24.8 Å². The van der Waals surface area contributed by atoms with Gasteiger partial charge in [-0.15, -0.1) is 12.4 Å². The van der Waals surface area contributed by atoms with Crippen molar-refractivity contribution in [1.82, 2.24) is 10.6 Å². The molecule has 0 radical (unpaired) electrons. The van der Waals surface area contributed by atoms with Gasteiger partial charge in [0.2, 0.25) is 6.41 Å². The summed E-state index contributed by atoms with van der Waals surface area (Å²) in [6.07, 6.45) is -3.08. The third kappa shape index (κ3) is 12.7. The van der Waals surface area contributed by atoms with Gasteiger partial charge in [-0.05, 0) is 80.3 Å². The number of methoxy groups -OCH3 is 1. The van der Waals surface area contributed by atoms with Crippen LogP contribution in [0.2, 0.25) is 0 Å². The lowest BCUT2D eigenvalue weighted by molar-refractivity contribution is -0.137. The van der Waals surface area contributed by atoms with E-state index in [1.54, 1.807) is 25.3 Å². The lowest BCUT2D eigenvalue weighted by atomic mass is 10.0. The minimum absolute atomic E-state index is 0. The van der Waals surface area contributed by atoms with Crippen LogP contribution in [0, 0.1) is 0 Å². The number of benzene rings is 3. The predicted molar refractivity (Wildman–Crippen MR) is 162 cm³/mol. The first-order chi connectivity index (χ1) is 19.5. The molecule has 1 amide bonds. The Morgan fingerprint density at radius 3 is 2.17 bits per heavy atom. The zero-order chi connectivity index (χ0) is 30.4. The molecule has 0 bridgehead atoms. The molecule has 5 N–H and O–H groups in total. The van der Waals surface area contributed by atoms with E-state index in [0.29, 0.717) is 30.5 Å². The van der Waals surface area contributed by atoms with E-state index in [1.807, 2.05) is 45.0 Å². The van der Waals surface area contributed by atoms with Crippen molar-refractivity contribution >= 4 is 24.5 Å². The molecule has 3 aromatic carbocycles. The van der Waals surface area contributed by atoms with E-state index >= 15 is 0 Å². The van der Waals surface area contributed by atoms with Gasteiger partial charge in [-0.3, -0.25) is 4.79 Å². The molecule has 7 nitrogen and oxygen atoms in total. The Labute approximate surface area is 251 Å². The number of aliphatic hydroxyl groups excluding tert-OH is 1. The first kappa shape index (κ1) is 36.7. The summed E-state index contributed by atoms with van der Waals surface area (Å²) >= 11 is 0. The van der Waals surface area contributed by atoms with Gasteiger partial charge in [-0.1, -0.05) is 43.3 Å². The third-order valence-corrected chi connectivity index (χ3v) is 6.33. The van der Waals surface area contributed by atoms with Gasteiger partial charge >= 0.3 is 6.18 Å². The number of aliphatic hydroxyl groups is 1. The van der Waals surface area contributed by atoms with Crippen molar-refractivity contribution in [3.8, 4) is 11.5 Å². The Hall–Kier alpha value is -3.31. The number of ether oxygens (including phenoxy) is 1. The molecule has 0 saturated carbocycles. The molecule has 0 fully saturated rings. The second-order valence-electron chi connectivity index (χ2n) is 9.78. The normalized spacial score (nSPS) is 13.0. The number of phenolic OH excluding ortho intramolecular Hbond substituents is 1. The number of aromatic hydroxyl groups is 1. The molecule has 0 saturated heterocycles. The molecular weight excluding hydrogens is 571 g/mol. The van der Waals surface area contributed by atoms with E-state index in [1.165, 1.54) is 23.8 Å². The van der Waals surface area contributed by atoms with Gasteiger partial charge < -0.3 is 30.9 Å². The van der Waals surface area contributed by atoms with Crippen LogP contribution in [0.5, 0.6) is 11.5 Å².